The molecule has 0 aliphatic rings. The van der Waals surface area contributed by atoms with Crippen LogP contribution in [0.2, 0.25) is 0 Å². The van der Waals surface area contributed by atoms with E-state index < -0.39 is 0 Å². The van der Waals surface area contributed by atoms with Crippen LogP contribution in [0.1, 0.15) is 5.56 Å². The highest BCUT2D eigenvalue weighted by Gasteiger charge is 2.13. The number of fused-ring (bicyclic) bond motifs is 2. The van der Waals surface area contributed by atoms with Crippen LogP contribution in [-0.2, 0) is 6.61 Å². The lowest BCUT2D eigenvalue weighted by Crippen LogP contribution is -1.97. The lowest BCUT2D eigenvalue weighted by Gasteiger charge is -2.13. The summed E-state index contributed by atoms with van der Waals surface area (Å²) in [6.45, 7) is 0.447. The van der Waals surface area contributed by atoms with Crippen molar-refractivity contribution in [2.24, 2.45) is 0 Å². The monoisotopic (exact) mass is 320 g/mol. The molecule has 0 bridgehead atoms. The summed E-state index contributed by atoms with van der Waals surface area (Å²) in [5.74, 6) is 1.40. The smallest absolute Gasteiger partial charge is 0.162 e. The molecule has 1 heterocycles. The standard InChI is InChI=1S/C20H16O4/c1-22-18-9-16-14(7-15-11-23-12-17(15)20(16)21)8-19(18)24-10-13-5-3-2-4-6-13/h2-9,11-12,21H,10H2,1H3. The number of rotatable bonds is 4. The quantitative estimate of drug-likeness (QED) is 0.582. The summed E-state index contributed by atoms with van der Waals surface area (Å²) < 4.78 is 16.5. The van der Waals surface area contributed by atoms with Gasteiger partial charge in [0.15, 0.2) is 11.5 Å². The molecule has 0 amide bonds. The average Bonchev–Trinajstić information content (AvgIpc) is 3.09. The molecule has 4 heteroatoms. The van der Waals surface area contributed by atoms with E-state index >= 15 is 0 Å². The minimum absolute atomic E-state index is 0.184. The maximum absolute atomic E-state index is 10.5. The van der Waals surface area contributed by atoms with Crippen molar-refractivity contribution < 1.29 is 19.0 Å². The Morgan fingerprint density at radius 3 is 2.54 bits per heavy atom. The third-order valence-corrected chi connectivity index (χ3v) is 4.09. The van der Waals surface area contributed by atoms with Gasteiger partial charge in [0.05, 0.1) is 18.8 Å². The predicted molar refractivity (Wildman–Crippen MR) is 92.7 cm³/mol. The third-order valence-electron chi connectivity index (χ3n) is 4.09. The normalized spacial score (nSPS) is 11.0. The van der Waals surface area contributed by atoms with Crippen molar-refractivity contribution in [1.82, 2.24) is 0 Å². The molecule has 4 rings (SSSR count). The zero-order valence-corrected chi connectivity index (χ0v) is 13.2. The highest BCUT2D eigenvalue weighted by atomic mass is 16.5. The van der Waals surface area contributed by atoms with E-state index in [1.54, 1.807) is 19.4 Å². The van der Waals surface area contributed by atoms with Crippen LogP contribution in [0.3, 0.4) is 0 Å². The summed E-state index contributed by atoms with van der Waals surface area (Å²) in [5, 5.41) is 13.6. The third kappa shape index (κ3) is 2.42. The summed E-state index contributed by atoms with van der Waals surface area (Å²) in [5.41, 5.74) is 1.08. The first-order valence-electron chi connectivity index (χ1n) is 7.62. The molecular formula is C20H16O4. The van der Waals surface area contributed by atoms with Crippen molar-refractivity contribution in [3.63, 3.8) is 0 Å². The minimum atomic E-state index is 0.184. The molecule has 0 aliphatic heterocycles. The van der Waals surface area contributed by atoms with E-state index in [1.807, 2.05) is 42.5 Å². The van der Waals surface area contributed by atoms with E-state index in [2.05, 4.69) is 0 Å². The zero-order chi connectivity index (χ0) is 16.5. The number of benzene rings is 3. The molecule has 24 heavy (non-hydrogen) atoms. The van der Waals surface area contributed by atoms with E-state index in [0.717, 1.165) is 16.3 Å². The van der Waals surface area contributed by atoms with Gasteiger partial charge in [-0.05, 0) is 29.1 Å². The van der Waals surface area contributed by atoms with E-state index in [0.29, 0.717) is 28.9 Å². The summed E-state index contributed by atoms with van der Waals surface area (Å²) in [7, 11) is 1.59. The number of phenols is 1. The maximum Gasteiger partial charge on any atom is 0.162 e. The Bertz CT molecular complexity index is 1000. The Morgan fingerprint density at radius 1 is 0.917 bits per heavy atom. The second-order valence-electron chi connectivity index (χ2n) is 5.60. The average molecular weight is 320 g/mol. The Kier molecular flexibility index (Phi) is 3.50. The summed E-state index contributed by atoms with van der Waals surface area (Å²) in [6, 6.07) is 15.6. The molecule has 0 aliphatic carbocycles. The van der Waals surface area contributed by atoms with Crippen molar-refractivity contribution in [2.75, 3.05) is 7.11 Å². The van der Waals surface area contributed by atoms with Gasteiger partial charge in [-0.3, -0.25) is 0 Å². The summed E-state index contributed by atoms with van der Waals surface area (Å²) in [4.78, 5) is 0. The molecule has 1 aromatic heterocycles. The molecule has 0 radical (unpaired) electrons. The first kappa shape index (κ1) is 14.5. The molecule has 120 valence electrons. The van der Waals surface area contributed by atoms with Crippen LogP contribution < -0.4 is 9.47 Å². The van der Waals surface area contributed by atoms with Gasteiger partial charge in [-0.25, -0.2) is 0 Å². The predicted octanol–water partition coefficient (Wildman–Crippen LogP) is 4.88. The lowest BCUT2D eigenvalue weighted by molar-refractivity contribution is 0.285. The molecule has 3 aromatic carbocycles. The number of hydrogen-bond acceptors (Lipinski definition) is 4. The van der Waals surface area contributed by atoms with Gasteiger partial charge in [-0.2, -0.15) is 0 Å². The van der Waals surface area contributed by atoms with Gasteiger partial charge in [0, 0.05) is 10.8 Å². The summed E-state index contributed by atoms with van der Waals surface area (Å²) in [6.07, 6.45) is 3.15. The molecular weight excluding hydrogens is 304 g/mol. The first-order chi connectivity index (χ1) is 11.8. The highest BCUT2D eigenvalue weighted by Crippen LogP contribution is 2.40. The molecule has 0 saturated carbocycles. The first-order valence-corrected chi connectivity index (χ1v) is 7.62. The molecule has 0 saturated heterocycles. The number of phenolic OH excluding ortho intramolecular Hbond substituents is 1. The second kappa shape index (κ2) is 5.81. The molecule has 1 N–H and O–H groups in total. The molecule has 4 nitrogen and oxygen atoms in total. The van der Waals surface area contributed by atoms with Crippen LogP contribution in [0.4, 0.5) is 0 Å². The fourth-order valence-electron chi connectivity index (χ4n) is 2.83. The molecule has 4 aromatic rings. The Hall–Kier alpha value is -3.14. The minimum Gasteiger partial charge on any atom is -0.507 e. The Morgan fingerprint density at radius 2 is 1.75 bits per heavy atom. The van der Waals surface area contributed by atoms with Crippen LogP contribution in [0.5, 0.6) is 17.2 Å². The SMILES string of the molecule is COc1cc2c(O)c3cocc3cc2cc1OCc1ccccc1. The highest BCUT2D eigenvalue weighted by molar-refractivity contribution is 6.05. The van der Waals surface area contributed by atoms with Gasteiger partial charge >= 0.3 is 0 Å². The van der Waals surface area contributed by atoms with Crippen LogP contribution in [-0.4, -0.2) is 12.2 Å². The molecule has 0 spiro atoms. The lowest BCUT2D eigenvalue weighted by atomic mass is 10.0. The number of methoxy groups -OCH3 is 1. The Labute approximate surface area is 138 Å². The second-order valence-corrected chi connectivity index (χ2v) is 5.60. The van der Waals surface area contributed by atoms with Crippen molar-refractivity contribution in [1.29, 1.82) is 0 Å². The van der Waals surface area contributed by atoms with Gasteiger partial charge < -0.3 is 19.0 Å². The maximum atomic E-state index is 10.5. The zero-order valence-electron chi connectivity index (χ0n) is 13.2. The van der Waals surface area contributed by atoms with Crippen LogP contribution in [0.25, 0.3) is 21.5 Å². The molecule has 0 atom stereocenters. The van der Waals surface area contributed by atoms with E-state index in [9.17, 15) is 5.11 Å². The topological polar surface area (TPSA) is 51.8 Å². The van der Waals surface area contributed by atoms with Crippen molar-refractivity contribution >= 4 is 21.5 Å². The van der Waals surface area contributed by atoms with Crippen LogP contribution >= 0.6 is 0 Å². The van der Waals surface area contributed by atoms with Crippen molar-refractivity contribution in [3.05, 3.63) is 66.6 Å². The fraction of sp³-hybridized carbons (Fsp3) is 0.100. The fourth-order valence-corrected chi connectivity index (χ4v) is 2.83. The van der Waals surface area contributed by atoms with Crippen molar-refractivity contribution in [3.8, 4) is 17.2 Å². The van der Waals surface area contributed by atoms with Crippen LogP contribution in [0.15, 0.2) is 65.5 Å². The number of furan rings is 1. The van der Waals surface area contributed by atoms with Gasteiger partial charge in [0.25, 0.3) is 0 Å². The number of ether oxygens (including phenoxy) is 2. The Balaban J connectivity index is 1.78. The number of aromatic hydroxyl groups is 1. The van der Waals surface area contributed by atoms with Gasteiger partial charge in [-0.1, -0.05) is 30.3 Å². The van der Waals surface area contributed by atoms with Gasteiger partial charge in [0.1, 0.15) is 18.6 Å². The molecule has 0 fully saturated rings. The molecule has 0 unspecified atom stereocenters. The van der Waals surface area contributed by atoms with Gasteiger partial charge in [0.2, 0.25) is 0 Å². The number of hydrogen-bond donors (Lipinski definition) is 1. The van der Waals surface area contributed by atoms with E-state index in [-0.39, 0.29) is 5.75 Å². The van der Waals surface area contributed by atoms with E-state index in [4.69, 9.17) is 13.9 Å². The van der Waals surface area contributed by atoms with E-state index in [1.165, 1.54) is 6.26 Å². The summed E-state index contributed by atoms with van der Waals surface area (Å²) >= 11 is 0. The van der Waals surface area contributed by atoms with Crippen LogP contribution in [0, 0.1) is 0 Å². The van der Waals surface area contributed by atoms with Gasteiger partial charge in [-0.15, -0.1) is 0 Å². The van der Waals surface area contributed by atoms with Crippen molar-refractivity contribution in [2.45, 2.75) is 6.61 Å². The largest absolute Gasteiger partial charge is 0.507 e.